The fourth-order valence-electron chi connectivity index (χ4n) is 2.92. The molecule has 0 aromatic heterocycles. The summed E-state index contributed by atoms with van der Waals surface area (Å²) in [6, 6.07) is 10.6. The second kappa shape index (κ2) is 8.55. The van der Waals surface area contributed by atoms with Crippen LogP contribution in [0, 0.1) is 23.0 Å². The zero-order valence-electron chi connectivity index (χ0n) is 15.2. The molecule has 0 spiro atoms. The minimum absolute atomic E-state index is 0.0543. The van der Waals surface area contributed by atoms with E-state index in [0.29, 0.717) is 6.07 Å². The van der Waals surface area contributed by atoms with Crippen LogP contribution in [0.5, 0.6) is 5.75 Å². The third-order valence-corrected chi connectivity index (χ3v) is 6.42. The lowest BCUT2D eigenvalue weighted by Gasteiger charge is -2.34. The van der Waals surface area contributed by atoms with E-state index >= 15 is 0 Å². The molecule has 0 unspecified atom stereocenters. The van der Waals surface area contributed by atoms with E-state index in [2.05, 4.69) is 0 Å². The molecule has 0 bridgehead atoms. The molecule has 2 aromatic carbocycles. The van der Waals surface area contributed by atoms with Crippen molar-refractivity contribution in [2.24, 2.45) is 0 Å². The van der Waals surface area contributed by atoms with Crippen LogP contribution < -0.4 is 4.74 Å². The number of hydrogen-bond acceptors (Lipinski definition) is 5. The van der Waals surface area contributed by atoms with Crippen LogP contribution in [0.15, 0.2) is 47.4 Å². The van der Waals surface area contributed by atoms with Crippen LogP contribution in [-0.2, 0) is 14.8 Å². The predicted molar refractivity (Wildman–Crippen MR) is 98.3 cm³/mol. The maximum Gasteiger partial charge on any atom is 0.260 e. The maximum atomic E-state index is 13.6. The monoisotopic (exact) mass is 421 g/mol. The van der Waals surface area contributed by atoms with Crippen LogP contribution in [0.1, 0.15) is 5.56 Å². The summed E-state index contributed by atoms with van der Waals surface area (Å²) in [6.45, 7) is -0.0891. The van der Waals surface area contributed by atoms with Gasteiger partial charge < -0.3 is 9.64 Å². The highest BCUT2D eigenvalue weighted by Crippen LogP contribution is 2.21. The molecule has 0 N–H and O–H groups in total. The Morgan fingerprint density at radius 1 is 1.10 bits per heavy atom. The number of hydrogen-bond donors (Lipinski definition) is 0. The second-order valence-electron chi connectivity index (χ2n) is 6.26. The Labute approximate surface area is 166 Å². The molecule has 2 aromatic rings. The molecule has 0 radical (unpaired) electrons. The molecular weight excluding hydrogens is 404 g/mol. The Morgan fingerprint density at radius 2 is 1.79 bits per heavy atom. The van der Waals surface area contributed by atoms with E-state index < -0.39 is 34.2 Å². The van der Waals surface area contributed by atoms with Gasteiger partial charge in [-0.15, -0.1) is 0 Å². The van der Waals surface area contributed by atoms with Gasteiger partial charge in [-0.1, -0.05) is 12.1 Å². The molecule has 1 heterocycles. The van der Waals surface area contributed by atoms with Crippen molar-refractivity contribution < 1.29 is 26.7 Å². The number of nitriles is 1. The zero-order chi connectivity index (χ0) is 21.0. The number of ether oxygens (including phenoxy) is 1. The van der Waals surface area contributed by atoms with Crippen molar-refractivity contribution in [3.8, 4) is 11.8 Å². The number of carbonyl (C=O) groups excluding carboxylic acids is 1. The molecular formula is C19H17F2N3O4S. The van der Waals surface area contributed by atoms with Crippen molar-refractivity contribution in [3.63, 3.8) is 0 Å². The number of halogens is 2. The molecule has 0 saturated carbocycles. The Balaban J connectivity index is 1.60. The van der Waals surface area contributed by atoms with E-state index in [9.17, 15) is 22.0 Å². The number of amides is 1. The summed E-state index contributed by atoms with van der Waals surface area (Å²) in [5.41, 5.74) is 0.0562. The van der Waals surface area contributed by atoms with Gasteiger partial charge in [0.1, 0.15) is 11.9 Å². The lowest BCUT2D eigenvalue weighted by molar-refractivity contribution is -0.134. The molecule has 7 nitrogen and oxygen atoms in total. The summed E-state index contributed by atoms with van der Waals surface area (Å²) >= 11 is 0. The maximum absolute atomic E-state index is 13.6. The van der Waals surface area contributed by atoms with Crippen molar-refractivity contribution >= 4 is 15.9 Å². The molecule has 1 aliphatic heterocycles. The van der Waals surface area contributed by atoms with E-state index in [1.807, 2.05) is 6.07 Å². The molecule has 1 fully saturated rings. The highest BCUT2D eigenvalue weighted by Gasteiger charge is 2.31. The number of carbonyl (C=O) groups is 1. The number of rotatable bonds is 5. The Kier molecular flexibility index (Phi) is 6.10. The summed E-state index contributed by atoms with van der Waals surface area (Å²) in [7, 11) is -3.86. The minimum Gasteiger partial charge on any atom is -0.481 e. The second-order valence-corrected chi connectivity index (χ2v) is 8.16. The first kappa shape index (κ1) is 20.7. The van der Waals surface area contributed by atoms with Crippen LogP contribution in [0.2, 0.25) is 0 Å². The van der Waals surface area contributed by atoms with Crippen molar-refractivity contribution in [2.75, 3.05) is 32.8 Å². The molecule has 1 saturated heterocycles. The third kappa shape index (κ3) is 4.52. The van der Waals surface area contributed by atoms with E-state index in [-0.39, 0.29) is 42.4 Å². The Morgan fingerprint density at radius 3 is 2.45 bits per heavy atom. The predicted octanol–water partition coefficient (Wildman–Crippen LogP) is 1.75. The molecule has 10 heteroatoms. The first-order valence-corrected chi connectivity index (χ1v) is 10.1. The quantitative estimate of drug-likeness (QED) is 0.734. The van der Waals surface area contributed by atoms with E-state index in [4.69, 9.17) is 10.00 Å². The Bertz CT molecular complexity index is 1060. The smallest absolute Gasteiger partial charge is 0.260 e. The molecule has 3 rings (SSSR count). The van der Waals surface area contributed by atoms with Gasteiger partial charge in [0.15, 0.2) is 18.2 Å². The molecule has 0 aliphatic carbocycles. The van der Waals surface area contributed by atoms with Gasteiger partial charge in [0.25, 0.3) is 5.91 Å². The van der Waals surface area contributed by atoms with Gasteiger partial charge in [0.05, 0.1) is 10.5 Å². The zero-order valence-corrected chi connectivity index (χ0v) is 16.0. The van der Waals surface area contributed by atoms with Crippen molar-refractivity contribution in [1.29, 1.82) is 5.26 Å². The molecule has 152 valence electrons. The Hall–Kier alpha value is -3.03. The van der Waals surface area contributed by atoms with Crippen molar-refractivity contribution in [2.45, 2.75) is 4.90 Å². The van der Waals surface area contributed by atoms with Crippen LogP contribution in [0.25, 0.3) is 0 Å². The number of nitrogens with zero attached hydrogens (tertiary/aromatic N) is 3. The van der Waals surface area contributed by atoms with Gasteiger partial charge in [-0.25, -0.2) is 17.2 Å². The van der Waals surface area contributed by atoms with Crippen molar-refractivity contribution in [3.05, 3.63) is 59.7 Å². The lowest BCUT2D eigenvalue weighted by atomic mass is 10.2. The fraction of sp³-hybridized carbons (Fsp3) is 0.263. The van der Waals surface area contributed by atoms with Gasteiger partial charge in [-0.3, -0.25) is 4.79 Å². The third-order valence-electron chi connectivity index (χ3n) is 4.46. The van der Waals surface area contributed by atoms with Gasteiger partial charge in [0, 0.05) is 32.2 Å². The SMILES string of the molecule is N#Cc1ccccc1S(=O)(=O)N1CCN(C(=O)COc2ccc(F)cc2F)CC1. The number of piperazine rings is 1. The summed E-state index contributed by atoms with van der Waals surface area (Å²) in [5, 5.41) is 9.14. The van der Waals surface area contributed by atoms with Crippen molar-refractivity contribution in [1.82, 2.24) is 9.21 Å². The summed E-state index contributed by atoms with van der Waals surface area (Å²) < 4.78 is 58.4. The normalized spacial score (nSPS) is 15.0. The van der Waals surface area contributed by atoms with Gasteiger partial charge in [-0.05, 0) is 24.3 Å². The highest BCUT2D eigenvalue weighted by atomic mass is 32.2. The topological polar surface area (TPSA) is 90.7 Å². The van der Waals surface area contributed by atoms with Crippen LogP contribution in [-0.4, -0.2) is 56.3 Å². The van der Waals surface area contributed by atoms with Crippen LogP contribution in [0.4, 0.5) is 8.78 Å². The number of benzene rings is 2. The minimum atomic E-state index is -3.86. The summed E-state index contributed by atoms with van der Waals surface area (Å²) in [6.07, 6.45) is 0. The van der Waals surface area contributed by atoms with Crippen LogP contribution in [0.3, 0.4) is 0 Å². The average Bonchev–Trinajstić information content (AvgIpc) is 2.73. The van der Waals surface area contributed by atoms with Gasteiger partial charge in [-0.2, -0.15) is 9.57 Å². The largest absolute Gasteiger partial charge is 0.481 e. The van der Waals surface area contributed by atoms with E-state index in [0.717, 1.165) is 12.1 Å². The van der Waals surface area contributed by atoms with Gasteiger partial charge >= 0.3 is 0 Å². The lowest BCUT2D eigenvalue weighted by Crippen LogP contribution is -2.51. The highest BCUT2D eigenvalue weighted by molar-refractivity contribution is 7.89. The van der Waals surface area contributed by atoms with E-state index in [1.165, 1.54) is 21.3 Å². The average molecular weight is 421 g/mol. The molecule has 1 aliphatic rings. The standard InChI is InChI=1S/C19H17F2N3O4S/c20-15-5-6-17(16(21)11-15)28-13-19(25)23-7-9-24(10-8-23)29(26,27)18-4-2-1-3-14(18)12-22/h1-6,11H,7-10,13H2. The molecule has 0 atom stereocenters. The molecule has 1 amide bonds. The van der Waals surface area contributed by atoms with E-state index in [1.54, 1.807) is 12.1 Å². The fourth-order valence-corrected chi connectivity index (χ4v) is 4.49. The van der Waals surface area contributed by atoms with Gasteiger partial charge in [0.2, 0.25) is 10.0 Å². The summed E-state index contributed by atoms with van der Waals surface area (Å²) in [4.78, 5) is 13.6. The molecule has 29 heavy (non-hydrogen) atoms. The summed E-state index contributed by atoms with van der Waals surface area (Å²) in [5.74, 6) is -2.35. The number of sulfonamides is 1. The first-order valence-electron chi connectivity index (χ1n) is 8.68. The first-order chi connectivity index (χ1) is 13.8. The van der Waals surface area contributed by atoms with Crippen LogP contribution >= 0.6 is 0 Å².